The highest BCUT2D eigenvalue weighted by atomic mass is 16.5. The van der Waals surface area contributed by atoms with E-state index >= 15 is 0 Å². The van der Waals surface area contributed by atoms with E-state index in [0.29, 0.717) is 18.0 Å². The molecule has 1 aliphatic carbocycles. The minimum atomic E-state index is 0.0704. The third-order valence-electron chi connectivity index (χ3n) is 4.09. The van der Waals surface area contributed by atoms with Crippen molar-refractivity contribution in [2.45, 2.75) is 25.4 Å². The second-order valence-corrected chi connectivity index (χ2v) is 5.73. The number of hydrogen-bond acceptors (Lipinski definition) is 3. The molecule has 112 valence electrons. The van der Waals surface area contributed by atoms with E-state index in [1.54, 1.807) is 7.11 Å². The first kappa shape index (κ1) is 13.1. The van der Waals surface area contributed by atoms with Gasteiger partial charge in [-0.2, -0.15) is 5.10 Å². The summed E-state index contributed by atoms with van der Waals surface area (Å²) >= 11 is 0. The lowest BCUT2D eigenvalue weighted by Gasteiger charge is -2.03. The van der Waals surface area contributed by atoms with Crippen LogP contribution in [0.2, 0.25) is 0 Å². The fourth-order valence-electron chi connectivity index (χ4n) is 2.72. The molecule has 0 amide bonds. The number of hydrogen-bond donors (Lipinski definition) is 0. The summed E-state index contributed by atoms with van der Waals surface area (Å²) in [6.07, 6.45) is 5.92. The third-order valence-corrected chi connectivity index (χ3v) is 4.09. The Morgan fingerprint density at radius 1 is 1.23 bits per heavy atom. The molecule has 1 fully saturated rings. The standard InChI is InChI=1S/C17H17N3O2/c1-22-14-6-2-12(3-7-14)10-19-11-15-16(18-19)8-9-20(17(15)21)13-4-5-13/h2-3,6-9,11,13H,4-5,10H2,1H3. The summed E-state index contributed by atoms with van der Waals surface area (Å²) in [5, 5.41) is 5.20. The van der Waals surface area contributed by atoms with Crippen molar-refractivity contribution in [1.29, 1.82) is 0 Å². The summed E-state index contributed by atoms with van der Waals surface area (Å²) < 4.78 is 8.82. The highest BCUT2D eigenvalue weighted by Crippen LogP contribution is 2.33. The van der Waals surface area contributed by atoms with Crippen LogP contribution in [-0.2, 0) is 6.54 Å². The molecule has 0 saturated heterocycles. The van der Waals surface area contributed by atoms with Crippen molar-refractivity contribution in [1.82, 2.24) is 14.3 Å². The molecule has 5 heteroatoms. The van der Waals surface area contributed by atoms with Crippen molar-refractivity contribution in [3.05, 3.63) is 58.6 Å². The average Bonchev–Trinajstić information content (AvgIpc) is 3.29. The number of benzene rings is 1. The topological polar surface area (TPSA) is 49.0 Å². The van der Waals surface area contributed by atoms with E-state index in [2.05, 4.69) is 5.10 Å². The number of aromatic nitrogens is 3. The number of ether oxygens (including phenoxy) is 1. The van der Waals surface area contributed by atoms with Crippen LogP contribution < -0.4 is 10.3 Å². The van der Waals surface area contributed by atoms with E-state index in [1.165, 1.54) is 0 Å². The van der Waals surface area contributed by atoms with E-state index in [0.717, 1.165) is 29.7 Å². The van der Waals surface area contributed by atoms with E-state index in [-0.39, 0.29) is 5.56 Å². The molecule has 2 heterocycles. The van der Waals surface area contributed by atoms with Crippen LogP contribution in [-0.4, -0.2) is 21.5 Å². The Morgan fingerprint density at radius 3 is 2.68 bits per heavy atom. The van der Waals surface area contributed by atoms with Gasteiger partial charge < -0.3 is 9.30 Å². The van der Waals surface area contributed by atoms with Gasteiger partial charge in [0.05, 0.1) is 24.6 Å². The van der Waals surface area contributed by atoms with Crippen LogP contribution in [0.5, 0.6) is 5.75 Å². The number of pyridine rings is 1. The van der Waals surface area contributed by atoms with Gasteiger partial charge in [-0.3, -0.25) is 9.48 Å². The lowest BCUT2D eigenvalue weighted by atomic mass is 10.2. The summed E-state index contributed by atoms with van der Waals surface area (Å²) in [6.45, 7) is 0.640. The Bertz CT molecular complexity index is 873. The number of nitrogens with zero attached hydrogens (tertiary/aromatic N) is 3. The van der Waals surface area contributed by atoms with Crippen LogP contribution in [0.4, 0.5) is 0 Å². The second kappa shape index (κ2) is 5.02. The van der Waals surface area contributed by atoms with Gasteiger partial charge in [0.2, 0.25) is 0 Å². The zero-order chi connectivity index (χ0) is 15.1. The Hall–Kier alpha value is -2.56. The molecule has 1 aromatic carbocycles. The zero-order valence-corrected chi connectivity index (χ0v) is 12.4. The molecule has 0 aliphatic heterocycles. The minimum absolute atomic E-state index is 0.0704. The van der Waals surface area contributed by atoms with Crippen molar-refractivity contribution in [3.8, 4) is 5.75 Å². The molecule has 0 spiro atoms. The Morgan fingerprint density at radius 2 is 2.00 bits per heavy atom. The quantitative estimate of drug-likeness (QED) is 0.743. The van der Waals surface area contributed by atoms with E-state index < -0.39 is 0 Å². The van der Waals surface area contributed by atoms with Gasteiger partial charge in [-0.15, -0.1) is 0 Å². The molecule has 3 aromatic rings. The van der Waals surface area contributed by atoms with E-state index in [9.17, 15) is 4.79 Å². The Kier molecular flexibility index (Phi) is 2.99. The molecular formula is C17H17N3O2. The highest BCUT2D eigenvalue weighted by molar-refractivity contribution is 5.76. The van der Waals surface area contributed by atoms with Crippen molar-refractivity contribution in [2.24, 2.45) is 0 Å². The SMILES string of the molecule is COc1ccc(Cn2cc3c(=O)n(C4CC4)ccc3n2)cc1. The van der Waals surface area contributed by atoms with Crippen LogP contribution in [0.3, 0.4) is 0 Å². The van der Waals surface area contributed by atoms with Gasteiger partial charge in [0.15, 0.2) is 0 Å². The predicted octanol–water partition coefficient (Wildman–Crippen LogP) is 2.59. The number of fused-ring (bicyclic) bond motifs is 1. The van der Waals surface area contributed by atoms with Gasteiger partial charge in [-0.05, 0) is 36.6 Å². The van der Waals surface area contributed by atoms with Crippen molar-refractivity contribution in [2.75, 3.05) is 7.11 Å². The van der Waals surface area contributed by atoms with Gasteiger partial charge in [0.25, 0.3) is 5.56 Å². The van der Waals surface area contributed by atoms with Gasteiger partial charge >= 0.3 is 0 Å². The highest BCUT2D eigenvalue weighted by Gasteiger charge is 2.25. The largest absolute Gasteiger partial charge is 0.497 e. The summed E-state index contributed by atoms with van der Waals surface area (Å²) in [4.78, 5) is 12.5. The Labute approximate surface area is 127 Å². The van der Waals surface area contributed by atoms with Crippen LogP contribution >= 0.6 is 0 Å². The average molecular weight is 295 g/mol. The molecule has 22 heavy (non-hydrogen) atoms. The first-order chi connectivity index (χ1) is 10.7. The zero-order valence-electron chi connectivity index (χ0n) is 12.4. The molecule has 0 atom stereocenters. The maximum atomic E-state index is 12.5. The molecular weight excluding hydrogens is 278 g/mol. The molecule has 1 saturated carbocycles. The second-order valence-electron chi connectivity index (χ2n) is 5.73. The van der Waals surface area contributed by atoms with Crippen molar-refractivity contribution < 1.29 is 4.74 Å². The van der Waals surface area contributed by atoms with Gasteiger partial charge in [-0.1, -0.05) is 12.1 Å². The van der Waals surface area contributed by atoms with Gasteiger partial charge in [0, 0.05) is 18.4 Å². The molecule has 0 N–H and O–H groups in total. The fourth-order valence-corrected chi connectivity index (χ4v) is 2.72. The number of rotatable bonds is 4. The molecule has 4 rings (SSSR count). The maximum absolute atomic E-state index is 12.5. The Balaban J connectivity index is 1.67. The van der Waals surface area contributed by atoms with Crippen LogP contribution in [0.25, 0.3) is 10.9 Å². The lowest BCUT2D eigenvalue weighted by Crippen LogP contribution is -2.17. The first-order valence-electron chi connectivity index (χ1n) is 7.46. The van der Waals surface area contributed by atoms with Gasteiger partial charge in [-0.25, -0.2) is 0 Å². The van der Waals surface area contributed by atoms with Crippen molar-refractivity contribution >= 4 is 10.9 Å². The summed E-state index contributed by atoms with van der Waals surface area (Å²) in [7, 11) is 1.65. The molecule has 0 unspecified atom stereocenters. The monoisotopic (exact) mass is 295 g/mol. The minimum Gasteiger partial charge on any atom is -0.497 e. The summed E-state index contributed by atoms with van der Waals surface area (Å²) in [6, 6.07) is 10.2. The molecule has 0 bridgehead atoms. The van der Waals surface area contributed by atoms with Crippen molar-refractivity contribution in [3.63, 3.8) is 0 Å². The van der Waals surface area contributed by atoms with Crippen LogP contribution in [0.1, 0.15) is 24.4 Å². The summed E-state index contributed by atoms with van der Waals surface area (Å²) in [5.41, 5.74) is 1.95. The lowest BCUT2D eigenvalue weighted by molar-refractivity contribution is 0.414. The molecule has 5 nitrogen and oxygen atoms in total. The maximum Gasteiger partial charge on any atom is 0.261 e. The van der Waals surface area contributed by atoms with Gasteiger partial charge in [0.1, 0.15) is 5.75 Å². The fraction of sp³-hybridized carbons (Fsp3) is 0.294. The molecule has 0 radical (unpaired) electrons. The first-order valence-corrected chi connectivity index (χ1v) is 7.46. The third kappa shape index (κ3) is 2.28. The molecule has 1 aliphatic rings. The molecule has 2 aromatic heterocycles. The smallest absolute Gasteiger partial charge is 0.261 e. The normalized spacial score (nSPS) is 14.4. The van der Waals surface area contributed by atoms with Crippen LogP contribution in [0, 0.1) is 0 Å². The number of methoxy groups -OCH3 is 1. The van der Waals surface area contributed by atoms with E-state index in [4.69, 9.17) is 4.74 Å². The van der Waals surface area contributed by atoms with E-state index in [1.807, 2.05) is 52.0 Å². The predicted molar refractivity (Wildman–Crippen MR) is 84.4 cm³/mol. The van der Waals surface area contributed by atoms with Crippen LogP contribution in [0.15, 0.2) is 47.5 Å². The summed E-state index contributed by atoms with van der Waals surface area (Å²) in [5.74, 6) is 0.835.